The fraction of sp³-hybridized carbons (Fsp3) is 0.130. The molecule has 0 aromatic heterocycles. The topological polar surface area (TPSA) is 57.6 Å². The lowest BCUT2D eigenvalue weighted by molar-refractivity contribution is -0.136. The number of nitrogens with zero attached hydrogens (tertiary/aromatic N) is 1. The summed E-state index contributed by atoms with van der Waals surface area (Å²) in [6.45, 7) is 0.339. The molecule has 0 saturated heterocycles. The van der Waals surface area contributed by atoms with Crippen molar-refractivity contribution < 1.29 is 14.7 Å². The van der Waals surface area contributed by atoms with Gasteiger partial charge in [0.25, 0.3) is 5.91 Å². The zero-order valence-electron chi connectivity index (χ0n) is 15.0. The van der Waals surface area contributed by atoms with E-state index in [4.69, 9.17) is 0 Å². The number of halogens is 1. The third-order valence-electron chi connectivity index (χ3n) is 5.01. The Hall–Kier alpha value is -2.76. The van der Waals surface area contributed by atoms with Crippen LogP contribution in [-0.2, 0) is 16.9 Å². The lowest BCUT2D eigenvalue weighted by Crippen LogP contribution is -2.41. The molecule has 140 valence electrons. The van der Waals surface area contributed by atoms with Crippen LogP contribution in [0.2, 0.25) is 0 Å². The summed E-state index contributed by atoms with van der Waals surface area (Å²) >= 11 is 3.34. The highest BCUT2D eigenvalue weighted by Gasteiger charge is 2.50. The number of rotatable bonds is 5. The smallest absolute Gasteiger partial charge is 0.264 e. The van der Waals surface area contributed by atoms with Gasteiger partial charge in [0.1, 0.15) is 0 Å². The minimum Gasteiger partial charge on any atom is -0.375 e. The summed E-state index contributed by atoms with van der Waals surface area (Å²) in [5.74, 6) is -0.747. The maximum Gasteiger partial charge on any atom is 0.264 e. The van der Waals surface area contributed by atoms with Crippen molar-refractivity contribution in [1.29, 1.82) is 0 Å². The number of para-hydroxylation sites is 1. The van der Waals surface area contributed by atoms with Gasteiger partial charge in [0.05, 0.1) is 18.7 Å². The quantitative estimate of drug-likeness (QED) is 0.601. The average Bonchev–Trinajstić information content (AvgIpc) is 2.91. The largest absolute Gasteiger partial charge is 0.375 e. The Bertz CT molecular complexity index is 1030. The number of benzene rings is 3. The number of anilines is 1. The number of ketones is 1. The van der Waals surface area contributed by atoms with Gasteiger partial charge in [-0.15, -0.1) is 0 Å². The van der Waals surface area contributed by atoms with Crippen LogP contribution in [0.1, 0.15) is 27.9 Å². The molecule has 4 rings (SSSR count). The van der Waals surface area contributed by atoms with E-state index in [1.807, 2.05) is 36.4 Å². The van der Waals surface area contributed by atoms with Crippen LogP contribution in [-0.4, -0.2) is 16.8 Å². The summed E-state index contributed by atoms with van der Waals surface area (Å²) in [6.07, 6.45) is -0.296. The zero-order valence-corrected chi connectivity index (χ0v) is 16.6. The van der Waals surface area contributed by atoms with Crippen molar-refractivity contribution in [1.82, 2.24) is 0 Å². The molecule has 0 aliphatic carbocycles. The number of hydrogen-bond donors (Lipinski definition) is 1. The minimum atomic E-state index is -1.87. The Morgan fingerprint density at radius 2 is 1.57 bits per heavy atom. The lowest BCUT2D eigenvalue weighted by Gasteiger charge is -2.23. The molecule has 3 aromatic carbocycles. The highest BCUT2D eigenvalue weighted by Crippen LogP contribution is 2.43. The second-order valence-electron chi connectivity index (χ2n) is 6.86. The first-order chi connectivity index (χ1) is 13.5. The number of aliphatic hydroxyl groups is 1. The number of Topliss-reactive ketones (excluding diaryl/α,β-unsaturated/α-hetero) is 1. The molecule has 4 nitrogen and oxygen atoms in total. The Morgan fingerprint density at radius 3 is 2.29 bits per heavy atom. The number of fused-ring (bicyclic) bond motifs is 1. The van der Waals surface area contributed by atoms with Crippen LogP contribution >= 0.6 is 15.9 Å². The summed E-state index contributed by atoms with van der Waals surface area (Å²) in [5.41, 5.74) is 0.664. The van der Waals surface area contributed by atoms with Gasteiger partial charge in [-0.25, -0.2) is 0 Å². The molecule has 1 atom stereocenters. The molecule has 0 unspecified atom stereocenters. The van der Waals surface area contributed by atoms with E-state index in [1.165, 1.54) is 0 Å². The summed E-state index contributed by atoms with van der Waals surface area (Å²) in [6, 6.07) is 23.6. The fourth-order valence-electron chi connectivity index (χ4n) is 3.57. The van der Waals surface area contributed by atoms with E-state index >= 15 is 0 Å². The fourth-order valence-corrected chi connectivity index (χ4v) is 3.83. The molecular weight excluding hydrogens is 418 g/mol. The third kappa shape index (κ3) is 3.28. The number of carbonyl (C=O) groups excluding carboxylic acids is 2. The SMILES string of the molecule is O=C(C[C@@]1(O)C(=O)N(Cc2ccccc2)c2ccccc21)c1ccc(Br)cc1. The van der Waals surface area contributed by atoms with Crippen molar-refractivity contribution in [2.75, 3.05) is 4.90 Å². The molecule has 0 fully saturated rings. The van der Waals surface area contributed by atoms with Gasteiger partial charge in [0.2, 0.25) is 0 Å². The van der Waals surface area contributed by atoms with E-state index in [9.17, 15) is 14.7 Å². The molecule has 1 aliphatic rings. The van der Waals surface area contributed by atoms with Crippen LogP contribution in [0.4, 0.5) is 5.69 Å². The van der Waals surface area contributed by atoms with Crippen LogP contribution in [0, 0.1) is 0 Å². The Balaban J connectivity index is 1.67. The van der Waals surface area contributed by atoms with Crippen molar-refractivity contribution >= 4 is 33.3 Å². The van der Waals surface area contributed by atoms with E-state index in [1.54, 1.807) is 47.4 Å². The summed E-state index contributed by atoms with van der Waals surface area (Å²) in [4.78, 5) is 27.6. The van der Waals surface area contributed by atoms with Gasteiger partial charge in [-0.05, 0) is 23.8 Å². The first-order valence-electron chi connectivity index (χ1n) is 8.95. The number of carbonyl (C=O) groups is 2. The van der Waals surface area contributed by atoms with Gasteiger partial charge < -0.3 is 10.0 Å². The van der Waals surface area contributed by atoms with E-state index in [0.29, 0.717) is 23.4 Å². The first kappa shape index (κ1) is 18.6. The second-order valence-corrected chi connectivity index (χ2v) is 7.78. The molecule has 1 amide bonds. The van der Waals surface area contributed by atoms with Gasteiger partial charge in [-0.1, -0.05) is 76.6 Å². The van der Waals surface area contributed by atoms with Crippen LogP contribution in [0.3, 0.4) is 0 Å². The maximum absolute atomic E-state index is 13.2. The van der Waals surface area contributed by atoms with Gasteiger partial charge >= 0.3 is 0 Å². The predicted molar refractivity (Wildman–Crippen MR) is 111 cm³/mol. The minimum absolute atomic E-state index is 0.278. The first-order valence-corrected chi connectivity index (χ1v) is 9.75. The Labute approximate surface area is 171 Å². The lowest BCUT2D eigenvalue weighted by atomic mass is 9.88. The van der Waals surface area contributed by atoms with Gasteiger partial charge in [0, 0.05) is 15.6 Å². The average molecular weight is 436 g/mol. The number of amides is 1. The molecule has 28 heavy (non-hydrogen) atoms. The van der Waals surface area contributed by atoms with Crippen LogP contribution in [0.15, 0.2) is 83.3 Å². The van der Waals surface area contributed by atoms with Crippen LogP contribution in [0.5, 0.6) is 0 Å². The molecule has 0 radical (unpaired) electrons. The molecule has 0 bridgehead atoms. The number of hydrogen-bond acceptors (Lipinski definition) is 3. The van der Waals surface area contributed by atoms with Gasteiger partial charge in [-0.3, -0.25) is 9.59 Å². The molecule has 0 spiro atoms. The highest BCUT2D eigenvalue weighted by molar-refractivity contribution is 9.10. The van der Waals surface area contributed by atoms with Gasteiger partial charge in [-0.2, -0.15) is 0 Å². The molecule has 0 saturated carbocycles. The maximum atomic E-state index is 13.2. The molecule has 1 N–H and O–H groups in total. The highest BCUT2D eigenvalue weighted by atomic mass is 79.9. The summed E-state index contributed by atoms with van der Waals surface area (Å²) in [5, 5.41) is 11.3. The van der Waals surface area contributed by atoms with Crippen LogP contribution < -0.4 is 4.90 Å². The second kappa shape index (κ2) is 7.34. The van der Waals surface area contributed by atoms with Crippen molar-refractivity contribution in [2.24, 2.45) is 0 Å². The van der Waals surface area contributed by atoms with Crippen molar-refractivity contribution in [3.8, 4) is 0 Å². The summed E-state index contributed by atoms with van der Waals surface area (Å²) in [7, 11) is 0. The molecule has 1 aliphatic heterocycles. The molecule has 3 aromatic rings. The van der Waals surface area contributed by atoms with E-state index < -0.39 is 11.5 Å². The molecular formula is C23H18BrNO3. The van der Waals surface area contributed by atoms with E-state index in [0.717, 1.165) is 10.0 Å². The molecule has 1 heterocycles. The standard InChI is InChI=1S/C23H18BrNO3/c24-18-12-10-17(11-13-18)21(26)14-23(28)19-8-4-5-9-20(19)25(22(23)27)15-16-6-2-1-3-7-16/h1-13,28H,14-15H2/t23-/m0/s1. The van der Waals surface area contributed by atoms with Gasteiger partial charge in [0.15, 0.2) is 11.4 Å². The predicted octanol–water partition coefficient (Wildman–Crippen LogP) is 4.46. The van der Waals surface area contributed by atoms with Crippen molar-refractivity contribution in [3.63, 3.8) is 0 Å². The summed E-state index contributed by atoms with van der Waals surface area (Å²) < 4.78 is 0.860. The van der Waals surface area contributed by atoms with Crippen LogP contribution in [0.25, 0.3) is 0 Å². The zero-order chi connectivity index (χ0) is 19.7. The third-order valence-corrected chi connectivity index (χ3v) is 5.53. The van der Waals surface area contributed by atoms with Crippen molar-refractivity contribution in [2.45, 2.75) is 18.6 Å². The van der Waals surface area contributed by atoms with E-state index in [-0.39, 0.29) is 12.2 Å². The Morgan fingerprint density at radius 1 is 0.929 bits per heavy atom. The normalized spacial score (nSPS) is 18.2. The monoisotopic (exact) mass is 435 g/mol. The van der Waals surface area contributed by atoms with Crippen molar-refractivity contribution in [3.05, 3.63) is 100 Å². The Kier molecular flexibility index (Phi) is 4.87. The van der Waals surface area contributed by atoms with E-state index in [2.05, 4.69) is 15.9 Å². The molecule has 5 heteroatoms.